The number of ether oxygens (including phenoxy) is 2. The number of amides is 3. The lowest BCUT2D eigenvalue weighted by Crippen LogP contribution is -2.70. The maximum Gasteiger partial charge on any atom is 0.408 e. The molecule has 1 aliphatic heterocycles. The number of pyridine rings is 2. The third-order valence-corrected chi connectivity index (χ3v) is 11.9. The van der Waals surface area contributed by atoms with E-state index in [1.165, 1.54) is 0 Å². The monoisotopic (exact) mass is 711 g/mol. The number of alkyl halides is 1. The number of hydrogen-bond donors (Lipinski definition) is 2. The molecular weight excluding hydrogens is 665 g/mol. The molecule has 1 saturated heterocycles. The van der Waals surface area contributed by atoms with Crippen molar-refractivity contribution >= 4 is 34.6 Å². The zero-order valence-electron chi connectivity index (χ0n) is 30.6. The summed E-state index contributed by atoms with van der Waals surface area (Å²) in [5.74, 6) is 1.01. The highest BCUT2D eigenvalue weighted by atomic mass is 19.1. The number of aromatic nitrogens is 4. The second kappa shape index (κ2) is 10.9. The molecule has 3 atom stereocenters. The molecule has 13 heteroatoms. The van der Waals surface area contributed by atoms with Gasteiger partial charge in [-0.25, -0.2) is 19.2 Å². The number of methoxy groups -OCH3 is 1. The molecule has 5 heterocycles. The minimum atomic E-state index is -1.13. The van der Waals surface area contributed by atoms with Crippen LogP contribution in [-0.2, 0) is 16.1 Å². The molecule has 2 unspecified atom stereocenters. The Balaban J connectivity index is 1.00. The summed E-state index contributed by atoms with van der Waals surface area (Å²) < 4.78 is 29.6. The molecule has 3 amide bonds. The Kier molecular flexibility index (Phi) is 6.97. The molecule has 6 aliphatic rings. The molecule has 12 nitrogen and oxygen atoms in total. The summed E-state index contributed by atoms with van der Waals surface area (Å²) in [6, 6.07) is 9.35. The number of likely N-dealkylation sites (tertiary alicyclic amines) is 1. The second-order valence-electron chi connectivity index (χ2n) is 17.3. The van der Waals surface area contributed by atoms with Gasteiger partial charge in [0.05, 0.1) is 41.2 Å². The smallest absolute Gasteiger partial charge is 0.408 e. The predicted molar refractivity (Wildman–Crippen MR) is 191 cm³/mol. The Morgan fingerprint density at radius 2 is 1.85 bits per heavy atom. The minimum Gasteiger partial charge on any atom is -0.482 e. The number of nitrogens with one attached hydrogen (secondary N) is 2. The van der Waals surface area contributed by atoms with Crippen LogP contribution in [0.25, 0.3) is 28.1 Å². The van der Waals surface area contributed by atoms with Gasteiger partial charge in [-0.15, -0.1) is 0 Å². The van der Waals surface area contributed by atoms with Gasteiger partial charge in [-0.1, -0.05) is 0 Å². The second-order valence-corrected chi connectivity index (χ2v) is 17.3. The Bertz CT molecular complexity index is 2180. The summed E-state index contributed by atoms with van der Waals surface area (Å²) in [6.45, 7) is 11.2. The van der Waals surface area contributed by atoms with Crippen molar-refractivity contribution < 1.29 is 28.2 Å². The van der Waals surface area contributed by atoms with E-state index in [1.807, 2.05) is 57.2 Å². The fourth-order valence-corrected chi connectivity index (χ4v) is 8.97. The zero-order valence-corrected chi connectivity index (χ0v) is 30.6. The van der Waals surface area contributed by atoms with E-state index >= 15 is 0 Å². The molecule has 0 radical (unpaired) electrons. The average molecular weight is 712 g/mol. The van der Waals surface area contributed by atoms with Crippen LogP contribution in [0.2, 0.25) is 0 Å². The summed E-state index contributed by atoms with van der Waals surface area (Å²) in [7, 11) is 1.59. The van der Waals surface area contributed by atoms with E-state index in [0.29, 0.717) is 55.4 Å². The Labute approximate surface area is 301 Å². The summed E-state index contributed by atoms with van der Waals surface area (Å²) in [4.78, 5) is 51.5. The number of hydrogen-bond acceptors (Lipinski definition) is 7. The van der Waals surface area contributed by atoms with Crippen LogP contribution in [0.3, 0.4) is 0 Å². The standard InChI is InChI=1S/C39H46FN7O5/c1-21(41-34(49)37-17-38(40,18-37)19-37)27-10-9-24-11-28(46(32(24)42-27)15-23-7-8-23)31-22(2)47-29(43-31)12-25(13-30(47)51-6)33(48)45-16-26-14-39(26,20-45)44-35(50)52-36(3,4)5/h9-13,21,23,26H,7-8,14-20H2,1-6H3,(H,41,49)(H,44,50)/t21-,26?,37?,38?,39?/m1/s1. The van der Waals surface area contributed by atoms with Crippen LogP contribution >= 0.6 is 0 Å². The van der Waals surface area contributed by atoms with Crippen molar-refractivity contribution in [1.29, 1.82) is 0 Å². The Morgan fingerprint density at radius 3 is 2.52 bits per heavy atom. The molecule has 5 aliphatic carbocycles. The quantitative estimate of drug-likeness (QED) is 0.222. The van der Waals surface area contributed by atoms with Gasteiger partial charge in [-0.3, -0.25) is 14.0 Å². The fourth-order valence-electron chi connectivity index (χ4n) is 8.97. The summed E-state index contributed by atoms with van der Waals surface area (Å²) in [5.41, 5.74) is 2.49. The van der Waals surface area contributed by atoms with Gasteiger partial charge in [0, 0.05) is 42.6 Å². The summed E-state index contributed by atoms with van der Waals surface area (Å²) in [6.07, 6.45) is 3.63. The fraction of sp³-hybridized carbons (Fsp3) is 0.564. The van der Waals surface area contributed by atoms with E-state index in [1.54, 1.807) is 18.1 Å². The number of fused-ring (bicyclic) bond motifs is 3. The zero-order chi connectivity index (χ0) is 36.5. The summed E-state index contributed by atoms with van der Waals surface area (Å²) >= 11 is 0. The van der Waals surface area contributed by atoms with Crippen molar-refractivity contribution in [3.8, 4) is 17.3 Å². The van der Waals surface area contributed by atoms with E-state index in [-0.39, 0.29) is 23.8 Å². The summed E-state index contributed by atoms with van der Waals surface area (Å²) in [5, 5.41) is 7.11. The van der Waals surface area contributed by atoms with Gasteiger partial charge < -0.3 is 29.6 Å². The van der Waals surface area contributed by atoms with Gasteiger partial charge in [0.15, 0.2) is 5.88 Å². The van der Waals surface area contributed by atoms with Crippen molar-refractivity contribution in [2.75, 3.05) is 20.2 Å². The highest BCUT2D eigenvalue weighted by Gasteiger charge is 2.72. The van der Waals surface area contributed by atoms with Crippen molar-refractivity contribution in [2.45, 2.75) is 103 Å². The Morgan fingerprint density at radius 1 is 1.10 bits per heavy atom. The molecule has 2 N–H and O–H groups in total. The van der Waals surface area contributed by atoms with Crippen LogP contribution in [-0.4, -0.2) is 78.8 Å². The van der Waals surface area contributed by atoms with E-state index in [0.717, 1.165) is 59.6 Å². The first kappa shape index (κ1) is 33.2. The topological polar surface area (TPSA) is 132 Å². The Hall–Kier alpha value is -4.68. The van der Waals surface area contributed by atoms with Crippen LogP contribution < -0.4 is 15.4 Å². The number of carbonyl (C=O) groups is 3. The normalized spacial score (nSPS) is 27.8. The third kappa shape index (κ3) is 5.32. The molecule has 4 aromatic heterocycles. The van der Waals surface area contributed by atoms with E-state index in [2.05, 4.69) is 21.3 Å². The van der Waals surface area contributed by atoms with Crippen LogP contribution in [0.15, 0.2) is 30.3 Å². The molecular formula is C39H46FN7O5. The predicted octanol–water partition coefficient (Wildman–Crippen LogP) is 5.89. The maximum absolute atomic E-state index is 14.1. The van der Waals surface area contributed by atoms with E-state index in [9.17, 15) is 18.8 Å². The van der Waals surface area contributed by atoms with Gasteiger partial charge in [-0.05, 0) is 103 Å². The minimum absolute atomic E-state index is 0.0823. The van der Waals surface area contributed by atoms with Crippen LogP contribution in [0.1, 0.15) is 94.0 Å². The number of piperidine rings is 1. The molecule has 4 aromatic rings. The molecule has 6 fully saturated rings. The number of nitrogens with zero attached hydrogens (tertiary/aromatic N) is 5. The SMILES string of the molecule is COc1cc(C(=O)N2CC3CC3(NC(=O)OC(C)(C)C)C2)cc2nc(-c3cc4ccc([C@@H](C)NC(=O)C56CC(F)(C5)C6)nc4n3CC3CC3)c(C)n12. The van der Waals surface area contributed by atoms with E-state index in [4.69, 9.17) is 19.4 Å². The largest absolute Gasteiger partial charge is 0.482 e. The van der Waals surface area contributed by atoms with Gasteiger partial charge in [0.2, 0.25) is 5.91 Å². The molecule has 0 spiro atoms. The molecule has 2 bridgehead atoms. The molecule has 52 heavy (non-hydrogen) atoms. The van der Waals surface area contributed by atoms with Crippen LogP contribution in [0.5, 0.6) is 5.88 Å². The van der Waals surface area contributed by atoms with Gasteiger partial charge in [0.25, 0.3) is 5.91 Å². The number of aryl methyl sites for hydroxylation is 1. The highest BCUT2D eigenvalue weighted by Crippen LogP contribution is 2.69. The number of rotatable bonds is 9. The van der Waals surface area contributed by atoms with Gasteiger partial charge >= 0.3 is 6.09 Å². The first-order valence-electron chi connectivity index (χ1n) is 18.5. The van der Waals surface area contributed by atoms with E-state index < -0.39 is 28.3 Å². The maximum atomic E-state index is 14.1. The number of imidazole rings is 1. The lowest BCUT2D eigenvalue weighted by atomic mass is 9.42. The molecule has 5 saturated carbocycles. The highest BCUT2D eigenvalue weighted by molar-refractivity contribution is 5.96. The van der Waals surface area contributed by atoms with Crippen LogP contribution in [0.4, 0.5) is 9.18 Å². The third-order valence-electron chi connectivity index (χ3n) is 11.9. The van der Waals surface area contributed by atoms with Gasteiger partial charge in [-0.2, -0.15) is 0 Å². The average Bonchev–Trinajstić information content (AvgIpc) is 3.89. The van der Waals surface area contributed by atoms with Crippen molar-refractivity contribution in [3.05, 3.63) is 47.3 Å². The molecule has 0 aromatic carbocycles. The number of carbonyl (C=O) groups excluding carboxylic acids is 3. The first-order valence-corrected chi connectivity index (χ1v) is 18.5. The van der Waals surface area contributed by atoms with Crippen molar-refractivity contribution in [1.82, 2.24) is 34.5 Å². The lowest BCUT2D eigenvalue weighted by Gasteiger charge is -2.64. The lowest BCUT2D eigenvalue weighted by molar-refractivity contribution is -0.214. The molecule has 274 valence electrons. The van der Waals surface area contributed by atoms with Gasteiger partial charge in [0.1, 0.15) is 28.3 Å². The van der Waals surface area contributed by atoms with Crippen molar-refractivity contribution in [2.24, 2.45) is 17.3 Å². The number of halogens is 1. The molecule has 10 rings (SSSR count). The van der Waals surface area contributed by atoms with Crippen LogP contribution in [0, 0.1) is 24.2 Å². The van der Waals surface area contributed by atoms with Crippen molar-refractivity contribution in [3.63, 3.8) is 0 Å². The number of alkyl carbamates (subject to hydrolysis) is 1. The first-order chi connectivity index (χ1) is 24.6.